The van der Waals surface area contributed by atoms with E-state index in [4.69, 9.17) is 0 Å². The fourth-order valence-corrected chi connectivity index (χ4v) is 3.24. The van der Waals surface area contributed by atoms with Crippen LogP contribution in [0.2, 0.25) is 0 Å². The van der Waals surface area contributed by atoms with Crippen LogP contribution in [0, 0.1) is 0 Å². The van der Waals surface area contributed by atoms with Gasteiger partial charge in [0.25, 0.3) is 0 Å². The summed E-state index contributed by atoms with van der Waals surface area (Å²) < 4.78 is 1.16. The third-order valence-electron chi connectivity index (χ3n) is 3.10. The van der Waals surface area contributed by atoms with E-state index in [0.29, 0.717) is 6.04 Å². The Labute approximate surface area is 121 Å². The molecule has 0 amide bonds. The van der Waals surface area contributed by atoms with Crippen LogP contribution in [0.1, 0.15) is 16.9 Å². The Kier molecular flexibility index (Phi) is 5.42. The number of hydrogen-bond donors (Lipinski definition) is 1. The summed E-state index contributed by atoms with van der Waals surface area (Å²) in [5.74, 6) is 0. The van der Waals surface area contributed by atoms with Gasteiger partial charge in [-0.2, -0.15) is 0 Å². The molecule has 96 valence electrons. The van der Waals surface area contributed by atoms with Gasteiger partial charge in [-0.05, 0) is 55.5 Å². The zero-order valence-corrected chi connectivity index (χ0v) is 12.9. The zero-order chi connectivity index (χ0) is 12.8. The number of benzene rings is 1. The van der Waals surface area contributed by atoms with Gasteiger partial charge in [0.2, 0.25) is 0 Å². The van der Waals surface area contributed by atoms with Gasteiger partial charge in [-0.15, -0.1) is 11.3 Å². The molecule has 1 heterocycles. The third-order valence-corrected chi connectivity index (χ3v) is 4.53. The van der Waals surface area contributed by atoms with Crippen molar-refractivity contribution in [2.24, 2.45) is 0 Å². The second-order valence-electron chi connectivity index (χ2n) is 4.44. The van der Waals surface area contributed by atoms with E-state index in [-0.39, 0.29) is 0 Å². The van der Waals surface area contributed by atoms with Crippen LogP contribution in [0.3, 0.4) is 0 Å². The summed E-state index contributed by atoms with van der Waals surface area (Å²) >= 11 is 5.37. The molecular weight excluding hydrogens is 306 g/mol. The third kappa shape index (κ3) is 4.23. The Morgan fingerprint density at radius 2 is 2.17 bits per heavy atom. The largest absolute Gasteiger partial charge is 0.317 e. The normalized spacial score (nSPS) is 12.6. The van der Waals surface area contributed by atoms with Crippen molar-refractivity contribution >= 4 is 27.3 Å². The first kappa shape index (κ1) is 13.8. The summed E-state index contributed by atoms with van der Waals surface area (Å²) in [5, 5.41) is 5.57. The summed E-state index contributed by atoms with van der Waals surface area (Å²) in [6.45, 7) is 0. The van der Waals surface area contributed by atoms with E-state index in [1.54, 1.807) is 0 Å². The van der Waals surface area contributed by atoms with E-state index in [1.165, 1.54) is 16.9 Å². The van der Waals surface area contributed by atoms with Gasteiger partial charge >= 0.3 is 0 Å². The molecule has 1 N–H and O–H groups in total. The van der Waals surface area contributed by atoms with E-state index < -0.39 is 0 Å². The minimum atomic E-state index is 0.543. The number of rotatable bonds is 6. The molecule has 0 radical (unpaired) electrons. The van der Waals surface area contributed by atoms with Crippen LogP contribution in [-0.4, -0.2) is 13.1 Å². The van der Waals surface area contributed by atoms with Crippen molar-refractivity contribution in [3.05, 3.63) is 56.7 Å². The molecule has 3 heteroatoms. The van der Waals surface area contributed by atoms with Crippen LogP contribution in [0.25, 0.3) is 0 Å². The first-order chi connectivity index (χ1) is 8.78. The molecule has 0 aliphatic carbocycles. The van der Waals surface area contributed by atoms with Gasteiger partial charge in [0.1, 0.15) is 0 Å². The fourth-order valence-electron chi connectivity index (χ4n) is 2.07. The molecule has 2 rings (SSSR count). The van der Waals surface area contributed by atoms with Crippen LogP contribution >= 0.6 is 27.3 Å². The van der Waals surface area contributed by atoms with Crippen LogP contribution < -0.4 is 5.32 Å². The minimum absolute atomic E-state index is 0.543. The highest BCUT2D eigenvalue weighted by molar-refractivity contribution is 9.10. The lowest BCUT2D eigenvalue weighted by atomic mass is 10.0. The average molecular weight is 324 g/mol. The first-order valence-corrected chi connectivity index (χ1v) is 7.89. The maximum atomic E-state index is 3.53. The van der Waals surface area contributed by atoms with Crippen LogP contribution in [-0.2, 0) is 12.8 Å². The molecule has 18 heavy (non-hydrogen) atoms. The SMILES string of the molecule is CNC(CCc1cccs1)Cc1cccc(Br)c1. The van der Waals surface area contributed by atoms with E-state index in [1.807, 2.05) is 11.3 Å². The molecule has 2 aromatic rings. The van der Waals surface area contributed by atoms with Gasteiger partial charge in [0, 0.05) is 15.4 Å². The van der Waals surface area contributed by atoms with Crippen LogP contribution in [0.4, 0.5) is 0 Å². The minimum Gasteiger partial charge on any atom is -0.317 e. The Morgan fingerprint density at radius 3 is 2.83 bits per heavy atom. The van der Waals surface area contributed by atoms with Gasteiger partial charge in [-0.3, -0.25) is 0 Å². The van der Waals surface area contributed by atoms with Crippen molar-refractivity contribution in [2.45, 2.75) is 25.3 Å². The number of hydrogen-bond acceptors (Lipinski definition) is 2. The molecule has 1 atom stereocenters. The number of thiophene rings is 1. The predicted octanol–water partition coefficient (Wildman–Crippen LogP) is 4.27. The highest BCUT2D eigenvalue weighted by atomic mass is 79.9. The Balaban J connectivity index is 1.89. The van der Waals surface area contributed by atoms with Crippen LogP contribution in [0.15, 0.2) is 46.3 Å². The monoisotopic (exact) mass is 323 g/mol. The van der Waals surface area contributed by atoms with Gasteiger partial charge in [0.15, 0.2) is 0 Å². The molecule has 1 nitrogen and oxygen atoms in total. The zero-order valence-electron chi connectivity index (χ0n) is 10.5. The van der Waals surface area contributed by atoms with E-state index in [0.717, 1.165) is 17.3 Å². The molecule has 0 saturated heterocycles. The highest BCUT2D eigenvalue weighted by Gasteiger charge is 2.08. The second-order valence-corrected chi connectivity index (χ2v) is 6.39. The van der Waals surface area contributed by atoms with Gasteiger partial charge in [0.05, 0.1) is 0 Å². The molecular formula is C15H18BrNS. The number of likely N-dealkylation sites (N-methyl/N-ethyl adjacent to an activating group) is 1. The molecule has 0 spiro atoms. The van der Waals surface area contributed by atoms with Crippen LogP contribution in [0.5, 0.6) is 0 Å². The lowest BCUT2D eigenvalue weighted by Crippen LogP contribution is -2.28. The summed E-state index contributed by atoms with van der Waals surface area (Å²) in [6.07, 6.45) is 3.43. The average Bonchev–Trinajstić information content (AvgIpc) is 2.87. The van der Waals surface area contributed by atoms with Gasteiger partial charge in [-0.25, -0.2) is 0 Å². The molecule has 0 fully saturated rings. The van der Waals surface area contributed by atoms with Crippen molar-refractivity contribution in [3.8, 4) is 0 Å². The molecule has 0 saturated carbocycles. The van der Waals surface area contributed by atoms with Crippen molar-refractivity contribution < 1.29 is 0 Å². The van der Waals surface area contributed by atoms with Crippen molar-refractivity contribution in [1.29, 1.82) is 0 Å². The standard InChI is InChI=1S/C15H18BrNS/c1-17-14(7-8-15-6-3-9-18-15)11-12-4-2-5-13(16)10-12/h2-6,9-10,14,17H,7-8,11H2,1H3. The summed E-state index contributed by atoms with van der Waals surface area (Å²) in [7, 11) is 2.05. The van der Waals surface area contributed by atoms with Gasteiger partial charge < -0.3 is 5.32 Å². The Hall–Kier alpha value is -0.640. The number of halogens is 1. The quantitative estimate of drug-likeness (QED) is 0.836. The second kappa shape index (κ2) is 7.07. The van der Waals surface area contributed by atoms with E-state index in [9.17, 15) is 0 Å². The fraction of sp³-hybridized carbons (Fsp3) is 0.333. The van der Waals surface area contributed by atoms with Crippen molar-refractivity contribution in [1.82, 2.24) is 5.32 Å². The highest BCUT2D eigenvalue weighted by Crippen LogP contribution is 2.16. The topological polar surface area (TPSA) is 12.0 Å². The van der Waals surface area contributed by atoms with Crippen molar-refractivity contribution in [3.63, 3.8) is 0 Å². The molecule has 0 bridgehead atoms. The first-order valence-electron chi connectivity index (χ1n) is 6.22. The Morgan fingerprint density at radius 1 is 1.28 bits per heavy atom. The van der Waals surface area contributed by atoms with Crippen molar-refractivity contribution in [2.75, 3.05) is 7.05 Å². The maximum absolute atomic E-state index is 3.53. The van der Waals surface area contributed by atoms with E-state index in [2.05, 4.69) is 70.1 Å². The lowest BCUT2D eigenvalue weighted by molar-refractivity contribution is 0.522. The molecule has 1 unspecified atom stereocenters. The number of nitrogens with one attached hydrogen (secondary N) is 1. The molecule has 1 aromatic carbocycles. The van der Waals surface area contributed by atoms with E-state index >= 15 is 0 Å². The summed E-state index contributed by atoms with van der Waals surface area (Å²) in [5.41, 5.74) is 1.38. The Bertz CT molecular complexity index is 467. The maximum Gasteiger partial charge on any atom is 0.0178 e. The smallest absolute Gasteiger partial charge is 0.0178 e. The predicted molar refractivity (Wildman–Crippen MR) is 83.3 cm³/mol. The molecule has 0 aliphatic rings. The van der Waals surface area contributed by atoms with Gasteiger partial charge in [-0.1, -0.05) is 34.1 Å². The summed E-state index contributed by atoms with van der Waals surface area (Å²) in [6, 6.07) is 13.5. The molecule has 1 aromatic heterocycles. The number of aryl methyl sites for hydroxylation is 1. The lowest BCUT2D eigenvalue weighted by Gasteiger charge is -2.16. The summed E-state index contributed by atoms with van der Waals surface area (Å²) in [4.78, 5) is 1.48. The molecule has 0 aliphatic heterocycles.